The van der Waals surface area contributed by atoms with Crippen molar-refractivity contribution in [2.45, 2.75) is 130 Å². The maximum Gasteiger partial charge on any atom is 0.411 e. The smallest absolute Gasteiger partial charge is 0.411 e. The number of carbonyl (C=O) groups excluding carboxylic acids is 6. The Morgan fingerprint density at radius 3 is 2.03 bits per heavy atom. The molecule has 330 valence electrons. The van der Waals surface area contributed by atoms with E-state index in [0.717, 1.165) is 27.7 Å². The van der Waals surface area contributed by atoms with Crippen LogP contribution in [0, 0.1) is 0 Å². The first-order valence-corrected chi connectivity index (χ1v) is 19.1. The molecule has 4 N–H and O–H groups in total. The van der Waals surface area contributed by atoms with Crippen molar-refractivity contribution in [3.05, 3.63) is 71.3 Å². The lowest BCUT2D eigenvalue weighted by Gasteiger charge is -2.44. The number of carbonyl (C=O) groups is 6. The van der Waals surface area contributed by atoms with Gasteiger partial charge >= 0.3 is 30.0 Å². The van der Waals surface area contributed by atoms with Crippen molar-refractivity contribution in [2.75, 3.05) is 18.5 Å². The third-order valence-corrected chi connectivity index (χ3v) is 8.92. The molecule has 0 aromatic heterocycles. The van der Waals surface area contributed by atoms with E-state index in [2.05, 4.69) is 17.2 Å². The quantitative estimate of drug-likeness (QED) is 0.0831. The number of aliphatic hydroxyl groups excluding tert-OH is 2. The normalized spacial score (nSPS) is 18.9. The van der Waals surface area contributed by atoms with E-state index in [-0.39, 0.29) is 36.8 Å². The Morgan fingerprint density at radius 2 is 1.43 bits per heavy atom. The van der Waals surface area contributed by atoms with E-state index in [1.165, 1.54) is 30.3 Å². The molecule has 2 aromatic carbocycles. The predicted octanol–water partition coefficient (Wildman–Crippen LogP) is 4.15. The highest BCUT2D eigenvalue weighted by atomic mass is 16.7. The highest BCUT2D eigenvalue weighted by molar-refractivity contribution is 5.97. The summed E-state index contributed by atoms with van der Waals surface area (Å²) in [5, 5.41) is 24.7. The first-order chi connectivity index (χ1) is 28.2. The summed E-state index contributed by atoms with van der Waals surface area (Å²) in [7, 11) is 0. The van der Waals surface area contributed by atoms with Crippen LogP contribution in [0.2, 0.25) is 0 Å². The third kappa shape index (κ3) is 15.2. The number of benzene rings is 2. The lowest BCUT2D eigenvalue weighted by Crippen LogP contribution is -2.63. The molecule has 0 spiro atoms. The van der Waals surface area contributed by atoms with Gasteiger partial charge in [-0.05, 0) is 75.9 Å². The number of esters is 4. The van der Waals surface area contributed by atoms with Gasteiger partial charge in [-0.25, -0.2) is 4.79 Å². The van der Waals surface area contributed by atoms with E-state index in [1.807, 2.05) is 13.8 Å². The number of hydrogen-bond acceptors (Lipinski definition) is 16. The molecule has 1 aliphatic rings. The molecule has 1 aliphatic heterocycles. The monoisotopic (exact) mass is 844 g/mol. The number of amides is 2. The molecule has 60 heavy (non-hydrogen) atoms. The van der Waals surface area contributed by atoms with Gasteiger partial charge in [-0.15, -0.1) is 6.58 Å². The molecule has 1 fully saturated rings. The SMILES string of the molecule is C=CCC(C)(C)OCCC(C)(C)NC(=O)c1cc(COC(=O)Nc2ccc(CO)cc2CO)ccc1OC1OC(COC(C)=O)C(OC(C)=O)[C@H](OC(C)=O)[C@H]1OC(C)=O. The van der Waals surface area contributed by atoms with Crippen molar-refractivity contribution in [1.82, 2.24) is 5.32 Å². The molecule has 3 unspecified atom stereocenters. The Balaban J connectivity index is 2.03. The zero-order valence-electron chi connectivity index (χ0n) is 35.2. The summed E-state index contributed by atoms with van der Waals surface area (Å²) >= 11 is 0. The van der Waals surface area contributed by atoms with Crippen molar-refractivity contribution in [3.8, 4) is 5.75 Å². The Morgan fingerprint density at radius 1 is 0.800 bits per heavy atom. The third-order valence-electron chi connectivity index (χ3n) is 8.92. The van der Waals surface area contributed by atoms with Crippen LogP contribution in [0.25, 0.3) is 0 Å². The minimum absolute atomic E-state index is 0.0903. The minimum atomic E-state index is -1.66. The van der Waals surface area contributed by atoms with E-state index in [4.69, 9.17) is 37.9 Å². The van der Waals surface area contributed by atoms with Gasteiger partial charge in [-0.2, -0.15) is 0 Å². The summed E-state index contributed by atoms with van der Waals surface area (Å²) in [6, 6.07) is 8.87. The van der Waals surface area contributed by atoms with Crippen LogP contribution in [0.4, 0.5) is 10.5 Å². The van der Waals surface area contributed by atoms with E-state index in [9.17, 15) is 39.0 Å². The van der Waals surface area contributed by atoms with Crippen molar-refractivity contribution < 1.29 is 76.9 Å². The topological polar surface area (TPSA) is 241 Å². The van der Waals surface area contributed by atoms with E-state index >= 15 is 0 Å². The molecule has 0 saturated carbocycles. The number of anilines is 1. The van der Waals surface area contributed by atoms with Crippen LogP contribution < -0.4 is 15.4 Å². The molecule has 3 rings (SSSR count). The van der Waals surface area contributed by atoms with Crippen LogP contribution in [0.5, 0.6) is 5.75 Å². The molecular formula is C42H56N2O16. The van der Waals surface area contributed by atoms with Crippen LogP contribution in [0.15, 0.2) is 49.1 Å². The van der Waals surface area contributed by atoms with Gasteiger partial charge in [-0.3, -0.25) is 29.3 Å². The molecule has 2 aromatic rings. The molecule has 5 atom stereocenters. The molecule has 1 heterocycles. The van der Waals surface area contributed by atoms with Gasteiger partial charge in [0.2, 0.25) is 12.4 Å². The standard InChI is InChI=1S/C42H56N2O16/c1-10-15-42(8,9)55-17-16-41(6,7)44-38(51)31-19-29(22-54-40(52)43-32-13-11-28(20-45)18-30(32)21-46)12-14-33(31)59-39-37(58-27(5)50)36(57-26(4)49)35(56-25(3)48)34(60-39)23-53-24(2)47/h10-14,18-19,34-37,39,45-46H,1,15-17,20-23H2,2-9H3,(H,43,52)(H,44,51)/t34?,35?,36-,37+,39?/m0/s1. The molecule has 1 saturated heterocycles. The average molecular weight is 845 g/mol. The van der Waals surface area contributed by atoms with Gasteiger partial charge < -0.3 is 53.4 Å². The number of hydrogen-bond donors (Lipinski definition) is 4. The first-order valence-electron chi connectivity index (χ1n) is 19.1. The lowest BCUT2D eigenvalue weighted by atomic mass is 9.97. The Bertz CT molecular complexity index is 1860. The summed E-state index contributed by atoms with van der Waals surface area (Å²) in [6.45, 7) is 14.3. The second kappa shape index (κ2) is 22.2. The molecule has 0 radical (unpaired) electrons. The van der Waals surface area contributed by atoms with Crippen molar-refractivity contribution in [2.24, 2.45) is 0 Å². The zero-order valence-corrected chi connectivity index (χ0v) is 35.2. The van der Waals surface area contributed by atoms with Crippen LogP contribution in [-0.2, 0) is 72.2 Å². The maximum absolute atomic E-state index is 14.2. The van der Waals surface area contributed by atoms with E-state index in [1.54, 1.807) is 26.0 Å². The highest BCUT2D eigenvalue weighted by Gasteiger charge is 2.53. The van der Waals surface area contributed by atoms with Crippen molar-refractivity contribution in [1.29, 1.82) is 0 Å². The number of aliphatic hydroxyl groups is 2. The number of rotatable bonds is 20. The molecular weight excluding hydrogens is 788 g/mol. The van der Waals surface area contributed by atoms with Gasteiger partial charge in [0.25, 0.3) is 5.91 Å². The summed E-state index contributed by atoms with van der Waals surface area (Å²) in [5.41, 5.74) is 0.0288. The number of ether oxygens (including phenoxy) is 8. The van der Waals surface area contributed by atoms with Crippen LogP contribution in [0.3, 0.4) is 0 Å². The number of nitrogens with one attached hydrogen (secondary N) is 2. The summed E-state index contributed by atoms with van der Waals surface area (Å²) in [6.07, 6.45) is -5.69. The summed E-state index contributed by atoms with van der Waals surface area (Å²) < 4.78 is 45.5. The van der Waals surface area contributed by atoms with Gasteiger partial charge in [0, 0.05) is 51.1 Å². The van der Waals surface area contributed by atoms with E-state index < -0.39 is 90.9 Å². The Kier molecular flexibility index (Phi) is 18.0. The van der Waals surface area contributed by atoms with Crippen LogP contribution >= 0.6 is 0 Å². The molecule has 18 heteroatoms. The Labute approximate surface area is 348 Å². The summed E-state index contributed by atoms with van der Waals surface area (Å²) in [4.78, 5) is 75.9. The minimum Gasteiger partial charge on any atom is -0.463 e. The lowest BCUT2D eigenvalue weighted by molar-refractivity contribution is -0.288. The zero-order chi connectivity index (χ0) is 44.8. The predicted molar refractivity (Wildman–Crippen MR) is 212 cm³/mol. The van der Waals surface area contributed by atoms with Gasteiger partial charge in [0.05, 0.1) is 24.4 Å². The van der Waals surface area contributed by atoms with Gasteiger partial charge in [0.1, 0.15) is 25.1 Å². The molecule has 2 amide bonds. The maximum atomic E-state index is 14.2. The highest BCUT2D eigenvalue weighted by Crippen LogP contribution is 2.33. The van der Waals surface area contributed by atoms with Gasteiger partial charge in [0.15, 0.2) is 12.2 Å². The Hall–Kier alpha value is -5.56. The van der Waals surface area contributed by atoms with Crippen molar-refractivity contribution >= 4 is 41.6 Å². The average Bonchev–Trinajstić information content (AvgIpc) is 3.15. The fraction of sp³-hybridized carbons (Fsp3) is 0.524. The van der Waals surface area contributed by atoms with Gasteiger partial charge in [-0.1, -0.05) is 18.2 Å². The van der Waals surface area contributed by atoms with E-state index in [0.29, 0.717) is 29.5 Å². The molecule has 0 bridgehead atoms. The second-order valence-electron chi connectivity index (χ2n) is 15.2. The fourth-order valence-corrected chi connectivity index (χ4v) is 6.08. The summed E-state index contributed by atoms with van der Waals surface area (Å²) in [5.74, 6) is -3.99. The molecule has 0 aliphatic carbocycles. The fourth-order valence-electron chi connectivity index (χ4n) is 6.08. The largest absolute Gasteiger partial charge is 0.463 e. The second-order valence-corrected chi connectivity index (χ2v) is 15.2. The van der Waals surface area contributed by atoms with Crippen LogP contribution in [0.1, 0.15) is 95.3 Å². The van der Waals surface area contributed by atoms with Crippen LogP contribution in [-0.4, -0.2) is 101 Å². The molecule has 18 nitrogen and oxygen atoms in total. The first kappa shape index (κ1) is 48.8. The van der Waals surface area contributed by atoms with Crippen molar-refractivity contribution in [3.63, 3.8) is 0 Å².